The number of carbonyl (C=O) groups excluding carboxylic acids is 1. The first kappa shape index (κ1) is 24.4. The zero-order valence-electron chi connectivity index (χ0n) is 16.2. The lowest BCUT2D eigenvalue weighted by atomic mass is 10.1. The van der Waals surface area contributed by atoms with Crippen LogP contribution >= 0.6 is 22.9 Å². The Morgan fingerprint density at radius 1 is 1.27 bits per heavy atom. The molecule has 0 aliphatic rings. The molecular weight excluding hydrogens is 492 g/mol. The zero-order chi connectivity index (χ0) is 24.3. The van der Waals surface area contributed by atoms with Crippen LogP contribution in [-0.4, -0.2) is 44.7 Å². The van der Waals surface area contributed by atoms with Crippen molar-refractivity contribution >= 4 is 45.8 Å². The number of hydrogen-bond donors (Lipinski definition) is 4. The van der Waals surface area contributed by atoms with Gasteiger partial charge in [0.1, 0.15) is 17.7 Å². The molecule has 0 saturated heterocycles. The number of halogens is 5. The van der Waals surface area contributed by atoms with E-state index in [2.05, 4.69) is 20.6 Å². The Morgan fingerprint density at radius 3 is 2.61 bits per heavy atom. The molecule has 2 heterocycles. The summed E-state index contributed by atoms with van der Waals surface area (Å²) < 4.78 is 53.1. The number of aromatic nitrogens is 2. The largest absolute Gasteiger partial charge is 0.480 e. The predicted molar refractivity (Wildman–Crippen MR) is 112 cm³/mol. The van der Waals surface area contributed by atoms with E-state index in [1.807, 2.05) is 0 Å². The lowest BCUT2D eigenvalue weighted by molar-refractivity contribution is -0.140. The topological polar surface area (TPSA) is 124 Å². The fraction of sp³-hybridized carbons (Fsp3) is 0.158. The molecule has 1 atom stereocenters. The van der Waals surface area contributed by atoms with Crippen molar-refractivity contribution in [3.8, 4) is 11.3 Å². The number of nitrogens with zero attached hydrogens (tertiary/aromatic N) is 2. The summed E-state index contributed by atoms with van der Waals surface area (Å²) >= 11 is 6.87. The quantitative estimate of drug-likeness (QED) is 0.357. The second-order valence-electron chi connectivity index (χ2n) is 6.43. The third-order valence-corrected chi connectivity index (χ3v) is 5.25. The second kappa shape index (κ2) is 9.68. The number of carboxylic acids is 1. The number of rotatable bonds is 7. The van der Waals surface area contributed by atoms with Crippen molar-refractivity contribution in [2.24, 2.45) is 0 Å². The lowest BCUT2D eigenvalue weighted by Crippen LogP contribution is -2.33. The van der Waals surface area contributed by atoms with Crippen LogP contribution < -0.4 is 10.6 Å². The number of carbonyl (C=O) groups is 2. The summed E-state index contributed by atoms with van der Waals surface area (Å²) in [5.41, 5.74) is -1.94. The number of aliphatic hydroxyl groups excluding tert-OH is 1. The van der Waals surface area contributed by atoms with Crippen molar-refractivity contribution in [2.75, 3.05) is 17.2 Å². The Kier molecular flexibility index (Phi) is 7.15. The fourth-order valence-corrected chi connectivity index (χ4v) is 3.52. The van der Waals surface area contributed by atoms with Gasteiger partial charge in [0.05, 0.1) is 28.5 Å². The smallest absolute Gasteiger partial charge is 0.419 e. The number of amides is 1. The minimum absolute atomic E-state index is 0.0173. The molecule has 1 amide bonds. The molecule has 1 aromatic carbocycles. The molecular formula is C19H13ClF4N4O4S. The van der Waals surface area contributed by atoms with Gasteiger partial charge in [-0.25, -0.2) is 19.2 Å². The summed E-state index contributed by atoms with van der Waals surface area (Å²) in [5, 5.41) is 24.0. The third-order valence-electron chi connectivity index (χ3n) is 4.20. The van der Waals surface area contributed by atoms with Gasteiger partial charge in [-0.3, -0.25) is 10.1 Å². The zero-order valence-corrected chi connectivity index (χ0v) is 17.7. The first-order chi connectivity index (χ1) is 15.5. The number of pyridine rings is 1. The second-order valence-corrected chi connectivity index (χ2v) is 7.69. The van der Waals surface area contributed by atoms with Crippen molar-refractivity contribution in [1.82, 2.24) is 9.97 Å². The van der Waals surface area contributed by atoms with Crippen molar-refractivity contribution in [3.05, 3.63) is 57.8 Å². The van der Waals surface area contributed by atoms with E-state index in [0.29, 0.717) is 6.07 Å². The summed E-state index contributed by atoms with van der Waals surface area (Å²) in [7, 11) is 0. The molecule has 33 heavy (non-hydrogen) atoms. The monoisotopic (exact) mass is 504 g/mol. The fourth-order valence-electron chi connectivity index (χ4n) is 2.59. The number of carboxylic acid groups (broad SMARTS) is 1. The van der Waals surface area contributed by atoms with Crippen LogP contribution in [0.15, 0.2) is 35.8 Å². The third kappa shape index (κ3) is 5.56. The Bertz CT molecular complexity index is 1200. The normalized spacial score (nSPS) is 12.3. The molecule has 174 valence electrons. The van der Waals surface area contributed by atoms with Gasteiger partial charge in [0.25, 0.3) is 5.91 Å². The van der Waals surface area contributed by atoms with Crippen LogP contribution in [0.1, 0.15) is 15.9 Å². The van der Waals surface area contributed by atoms with Gasteiger partial charge in [-0.1, -0.05) is 17.7 Å². The van der Waals surface area contributed by atoms with Crippen LogP contribution in [0, 0.1) is 5.82 Å². The summed E-state index contributed by atoms with van der Waals surface area (Å²) in [6.45, 7) is -0.728. The van der Waals surface area contributed by atoms with Gasteiger partial charge in [0.2, 0.25) is 0 Å². The first-order valence-corrected chi connectivity index (χ1v) is 10.2. The number of aliphatic carboxylic acids is 1. The van der Waals surface area contributed by atoms with E-state index in [-0.39, 0.29) is 32.8 Å². The maximum Gasteiger partial charge on any atom is 0.419 e. The molecule has 8 nitrogen and oxygen atoms in total. The minimum Gasteiger partial charge on any atom is -0.480 e. The number of nitrogens with one attached hydrogen (secondary N) is 2. The maximum atomic E-state index is 14.3. The molecule has 0 fully saturated rings. The van der Waals surface area contributed by atoms with Crippen LogP contribution in [0.4, 0.5) is 28.5 Å². The Balaban J connectivity index is 1.77. The van der Waals surface area contributed by atoms with E-state index in [0.717, 1.165) is 29.7 Å². The maximum absolute atomic E-state index is 14.3. The van der Waals surface area contributed by atoms with Crippen molar-refractivity contribution in [1.29, 1.82) is 0 Å². The van der Waals surface area contributed by atoms with Crippen LogP contribution in [0.25, 0.3) is 11.3 Å². The molecule has 0 bridgehead atoms. The van der Waals surface area contributed by atoms with Crippen LogP contribution in [0.3, 0.4) is 0 Å². The van der Waals surface area contributed by atoms with Gasteiger partial charge in [0.15, 0.2) is 5.13 Å². The molecule has 0 aliphatic carbocycles. The first-order valence-electron chi connectivity index (χ1n) is 8.90. The summed E-state index contributed by atoms with van der Waals surface area (Å²) in [6.07, 6.45) is -3.79. The van der Waals surface area contributed by atoms with Gasteiger partial charge >= 0.3 is 12.1 Å². The van der Waals surface area contributed by atoms with E-state index < -0.39 is 42.1 Å². The van der Waals surface area contributed by atoms with E-state index in [1.165, 1.54) is 11.4 Å². The number of hydrogen-bond acceptors (Lipinski definition) is 7. The molecule has 0 spiro atoms. The molecule has 0 aliphatic heterocycles. The lowest BCUT2D eigenvalue weighted by Gasteiger charge is -2.13. The highest BCUT2D eigenvalue weighted by molar-refractivity contribution is 7.14. The Morgan fingerprint density at radius 2 is 2.00 bits per heavy atom. The molecule has 14 heteroatoms. The number of anilines is 2. The molecule has 0 saturated carbocycles. The van der Waals surface area contributed by atoms with E-state index >= 15 is 0 Å². The molecule has 1 unspecified atom stereocenters. The SMILES string of the molecule is O=C(Nc1nc(-c2cccc(C(F)(F)F)c2F)cs1)c1cnc(NC(CO)C(=O)O)c(Cl)c1. The van der Waals surface area contributed by atoms with Gasteiger partial charge in [-0.2, -0.15) is 13.2 Å². The average Bonchev–Trinajstić information content (AvgIpc) is 3.20. The van der Waals surface area contributed by atoms with Gasteiger partial charge in [-0.05, 0) is 18.2 Å². The van der Waals surface area contributed by atoms with Gasteiger partial charge in [-0.15, -0.1) is 11.3 Å². The van der Waals surface area contributed by atoms with E-state index in [9.17, 15) is 27.2 Å². The van der Waals surface area contributed by atoms with Crippen molar-refractivity contribution < 1.29 is 37.4 Å². The van der Waals surface area contributed by atoms with Gasteiger partial charge < -0.3 is 15.5 Å². The van der Waals surface area contributed by atoms with Gasteiger partial charge in [0, 0.05) is 17.1 Å². The van der Waals surface area contributed by atoms with Crippen LogP contribution in [-0.2, 0) is 11.0 Å². The van der Waals surface area contributed by atoms with E-state index in [1.54, 1.807) is 0 Å². The molecule has 2 aromatic heterocycles. The van der Waals surface area contributed by atoms with Crippen LogP contribution in [0.5, 0.6) is 0 Å². The summed E-state index contributed by atoms with van der Waals surface area (Å²) in [4.78, 5) is 31.2. The minimum atomic E-state index is -4.87. The Labute approximate surface area is 191 Å². The highest BCUT2D eigenvalue weighted by Crippen LogP contribution is 2.36. The predicted octanol–water partition coefficient (Wildman–Crippen LogP) is 4.13. The van der Waals surface area contributed by atoms with Crippen molar-refractivity contribution in [3.63, 3.8) is 0 Å². The molecule has 0 radical (unpaired) electrons. The average molecular weight is 505 g/mol. The molecule has 3 rings (SSSR count). The summed E-state index contributed by atoms with van der Waals surface area (Å²) in [6, 6.07) is 2.62. The standard InChI is InChI=1S/C19H13ClF4N4O4S/c20-11-4-8(5-25-15(11)26-12(6-29)17(31)32)16(30)28-18-27-13(7-33-18)9-2-1-3-10(14(9)21)19(22,23)24/h1-5,7,12,29H,6H2,(H,25,26)(H,31,32)(H,27,28,30). The van der Waals surface area contributed by atoms with Crippen molar-refractivity contribution in [2.45, 2.75) is 12.2 Å². The van der Waals surface area contributed by atoms with Crippen LogP contribution in [0.2, 0.25) is 5.02 Å². The number of aliphatic hydroxyl groups is 1. The highest BCUT2D eigenvalue weighted by Gasteiger charge is 2.35. The molecule has 4 N–H and O–H groups in total. The Hall–Kier alpha value is -3.29. The van der Waals surface area contributed by atoms with E-state index in [4.69, 9.17) is 21.8 Å². The summed E-state index contributed by atoms with van der Waals surface area (Å²) in [5.74, 6) is -3.62. The number of alkyl halides is 3. The number of thiazole rings is 1. The number of benzene rings is 1. The molecule has 3 aromatic rings. The highest BCUT2D eigenvalue weighted by atomic mass is 35.5.